The van der Waals surface area contributed by atoms with Crippen LogP contribution in [0, 0.1) is 5.41 Å². The highest BCUT2D eigenvalue weighted by molar-refractivity contribution is 6.04. The van der Waals surface area contributed by atoms with Gasteiger partial charge in [0.05, 0.1) is 0 Å². The van der Waals surface area contributed by atoms with Gasteiger partial charge < -0.3 is 10.6 Å². The van der Waals surface area contributed by atoms with Crippen molar-refractivity contribution in [3.05, 3.63) is 35.9 Å². The van der Waals surface area contributed by atoms with Gasteiger partial charge in [0, 0.05) is 12.6 Å². The Morgan fingerprint density at radius 1 is 1.04 bits per heavy atom. The second-order valence-electron chi connectivity index (χ2n) is 7.28. The summed E-state index contributed by atoms with van der Waals surface area (Å²) >= 11 is 0. The van der Waals surface area contributed by atoms with Crippen LogP contribution in [0.2, 0.25) is 0 Å². The van der Waals surface area contributed by atoms with Crippen molar-refractivity contribution in [1.82, 2.24) is 10.6 Å². The summed E-state index contributed by atoms with van der Waals surface area (Å²) in [6.45, 7) is 4.00. The molecule has 24 heavy (non-hydrogen) atoms. The Morgan fingerprint density at radius 3 is 2.38 bits per heavy atom. The molecule has 0 bridgehead atoms. The maximum Gasteiger partial charge on any atom is 0.235 e. The lowest BCUT2D eigenvalue weighted by atomic mass is 9.89. The normalized spacial score (nSPS) is 15.8. The van der Waals surface area contributed by atoms with E-state index in [9.17, 15) is 9.59 Å². The number of nitrogens with one attached hydrogen (secondary N) is 2. The molecule has 2 amide bonds. The summed E-state index contributed by atoms with van der Waals surface area (Å²) in [6.07, 6.45) is 7.43. The highest BCUT2D eigenvalue weighted by Crippen LogP contribution is 2.21. The number of rotatable bonds is 7. The van der Waals surface area contributed by atoms with Crippen LogP contribution < -0.4 is 10.6 Å². The monoisotopic (exact) mass is 330 g/mol. The molecule has 1 saturated carbocycles. The standard InChI is InChI=1S/C20H30N2O2/c1-20(2,19(24)22-17-13-7-4-8-14-17)18(23)21-15-9-12-16-10-5-3-6-11-16/h3,5-6,10-11,17H,4,7-9,12-15H2,1-2H3,(H,21,23)(H,22,24). The van der Waals surface area contributed by atoms with Crippen molar-refractivity contribution in [2.24, 2.45) is 5.41 Å². The molecular formula is C20H30N2O2. The van der Waals surface area contributed by atoms with Crippen LogP contribution in [-0.4, -0.2) is 24.4 Å². The van der Waals surface area contributed by atoms with Crippen LogP contribution in [0.5, 0.6) is 0 Å². The average Bonchev–Trinajstić information content (AvgIpc) is 2.60. The van der Waals surface area contributed by atoms with E-state index in [-0.39, 0.29) is 17.9 Å². The first-order chi connectivity index (χ1) is 11.5. The van der Waals surface area contributed by atoms with Crippen molar-refractivity contribution in [2.75, 3.05) is 6.54 Å². The molecule has 0 aromatic heterocycles. The number of carbonyl (C=O) groups is 2. The molecular weight excluding hydrogens is 300 g/mol. The Morgan fingerprint density at radius 2 is 1.71 bits per heavy atom. The zero-order chi connectivity index (χ0) is 17.4. The minimum absolute atomic E-state index is 0.157. The van der Waals surface area contributed by atoms with Crippen LogP contribution in [-0.2, 0) is 16.0 Å². The highest BCUT2D eigenvalue weighted by atomic mass is 16.2. The van der Waals surface area contributed by atoms with Gasteiger partial charge in [-0.3, -0.25) is 9.59 Å². The maximum atomic E-state index is 12.5. The molecule has 132 valence electrons. The molecule has 0 atom stereocenters. The van der Waals surface area contributed by atoms with Gasteiger partial charge in [-0.15, -0.1) is 0 Å². The smallest absolute Gasteiger partial charge is 0.235 e. The van der Waals surface area contributed by atoms with Crippen LogP contribution in [0.15, 0.2) is 30.3 Å². The number of hydrogen-bond donors (Lipinski definition) is 2. The Labute approximate surface area is 145 Å². The van der Waals surface area contributed by atoms with Crippen molar-refractivity contribution >= 4 is 11.8 Å². The summed E-state index contributed by atoms with van der Waals surface area (Å²) in [4.78, 5) is 24.8. The van der Waals surface area contributed by atoms with E-state index >= 15 is 0 Å². The second kappa shape index (κ2) is 8.86. The van der Waals surface area contributed by atoms with Crippen LogP contribution in [0.4, 0.5) is 0 Å². The molecule has 1 fully saturated rings. The minimum Gasteiger partial charge on any atom is -0.355 e. The van der Waals surface area contributed by atoms with E-state index in [0.29, 0.717) is 6.54 Å². The van der Waals surface area contributed by atoms with Crippen molar-refractivity contribution in [3.63, 3.8) is 0 Å². The molecule has 0 unspecified atom stereocenters. The number of benzene rings is 1. The Hall–Kier alpha value is -1.84. The summed E-state index contributed by atoms with van der Waals surface area (Å²) in [5.74, 6) is -0.348. The van der Waals surface area contributed by atoms with Gasteiger partial charge >= 0.3 is 0 Å². The fraction of sp³-hybridized carbons (Fsp3) is 0.600. The van der Waals surface area contributed by atoms with E-state index in [2.05, 4.69) is 22.8 Å². The first-order valence-electron chi connectivity index (χ1n) is 9.13. The predicted molar refractivity (Wildman–Crippen MR) is 96.6 cm³/mol. The molecule has 0 aliphatic heterocycles. The van der Waals surface area contributed by atoms with E-state index in [1.54, 1.807) is 13.8 Å². The fourth-order valence-electron chi connectivity index (χ4n) is 3.08. The Kier molecular flexibility index (Phi) is 6.83. The lowest BCUT2D eigenvalue weighted by Gasteiger charge is -2.28. The minimum atomic E-state index is -1.02. The largest absolute Gasteiger partial charge is 0.355 e. The molecule has 4 heteroatoms. The van der Waals surface area contributed by atoms with Gasteiger partial charge in [-0.05, 0) is 45.1 Å². The van der Waals surface area contributed by atoms with Gasteiger partial charge in [0.1, 0.15) is 5.41 Å². The first kappa shape index (κ1) is 18.5. The third kappa shape index (κ3) is 5.36. The first-order valence-corrected chi connectivity index (χ1v) is 9.13. The van der Waals surface area contributed by atoms with Gasteiger partial charge in [-0.1, -0.05) is 49.6 Å². The molecule has 1 aliphatic carbocycles. The molecule has 1 aromatic rings. The molecule has 0 heterocycles. The SMILES string of the molecule is CC(C)(C(=O)NCCCc1ccccc1)C(=O)NC1CCCCC1. The topological polar surface area (TPSA) is 58.2 Å². The fourth-order valence-corrected chi connectivity index (χ4v) is 3.08. The quantitative estimate of drug-likeness (QED) is 0.596. The lowest BCUT2D eigenvalue weighted by Crippen LogP contribution is -2.51. The van der Waals surface area contributed by atoms with E-state index in [1.807, 2.05) is 18.2 Å². The van der Waals surface area contributed by atoms with Crippen LogP contribution in [0.1, 0.15) is 57.9 Å². The number of amides is 2. The van der Waals surface area contributed by atoms with Crippen LogP contribution in [0.25, 0.3) is 0 Å². The van der Waals surface area contributed by atoms with E-state index in [1.165, 1.54) is 12.0 Å². The Balaban J connectivity index is 1.73. The van der Waals surface area contributed by atoms with Gasteiger partial charge in [-0.25, -0.2) is 0 Å². The molecule has 2 rings (SSSR count). The van der Waals surface area contributed by atoms with Crippen molar-refractivity contribution in [1.29, 1.82) is 0 Å². The van der Waals surface area contributed by atoms with Gasteiger partial charge in [-0.2, -0.15) is 0 Å². The van der Waals surface area contributed by atoms with Crippen LogP contribution >= 0.6 is 0 Å². The van der Waals surface area contributed by atoms with Crippen LogP contribution in [0.3, 0.4) is 0 Å². The number of hydrogen-bond acceptors (Lipinski definition) is 2. The average molecular weight is 330 g/mol. The van der Waals surface area contributed by atoms with Crippen molar-refractivity contribution in [2.45, 2.75) is 64.8 Å². The van der Waals surface area contributed by atoms with E-state index in [0.717, 1.165) is 38.5 Å². The maximum absolute atomic E-state index is 12.5. The second-order valence-corrected chi connectivity index (χ2v) is 7.28. The summed E-state index contributed by atoms with van der Waals surface area (Å²) < 4.78 is 0. The summed E-state index contributed by atoms with van der Waals surface area (Å²) in [5, 5.41) is 5.97. The zero-order valence-corrected chi connectivity index (χ0v) is 14.9. The van der Waals surface area contributed by atoms with Crippen molar-refractivity contribution < 1.29 is 9.59 Å². The molecule has 0 radical (unpaired) electrons. The summed E-state index contributed by atoms with van der Waals surface area (Å²) in [5.41, 5.74) is 0.241. The molecule has 0 saturated heterocycles. The summed E-state index contributed by atoms with van der Waals surface area (Å²) in [7, 11) is 0. The third-order valence-corrected chi connectivity index (χ3v) is 4.85. The molecule has 1 aliphatic rings. The third-order valence-electron chi connectivity index (χ3n) is 4.85. The predicted octanol–water partition coefficient (Wildman–Crippen LogP) is 3.21. The highest BCUT2D eigenvalue weighted by Gasteiger charge is 2.36. The molecule has 4 nitrogen and oxygen atoms in total. The van der Waals surface area contributed by atoms with Crippen molar-refractivity contribution in [3.8, 4) is 0 Å². The summed E-state index contributed by atoms with van der Waals surface area (Å²) in [6, 6.07) is 10.4. The molecule has 1 aromatic carbocycles. The molecule has 0 spiro atoms. The lowest BCUT2D eigenvalue weighted by molar-refractivity contribution is -0.141. The number of aryl methyl sites for hydroxylation is 1. The van der Waals surface area contributed by atoms with E-state index < -0.39 is 5.41 Å². The molecule has 2 N–H and O–H groups in total. The van der Waals surface area contributed by atoms with E-state index in [4.69, 9.17) is 0 Å². The zero-order valence-electron chi connectivity index (χ0n) is 14.9. The Bertz CT molecular complexity index is 534. The van der Waals surface area contributed by atoms with Gasteiger partial charge in [0.25, 0.3) is 0 Å². The van der Waals surface area contributed by atoms with Gasteiger partial charge in [0.2, 0.25) is 11.8 Å². The number of carbonyl (C=O) groups excluding carboxylic acids is 2. The van der Waals surface area contributed by atoms with Gasteiger partial charge in [0.15, 0.2) is 0 Å².